The zero-order valence-corrected chi connectivity index (χ0v) is 12.8. The van der Waals surface area contributed by atoms with E-state index in [1.54, 1.807) is 6.92 Å². The normalized spacial score (nSPS) is 16.6. The lowest BCUT2D eigenvalue weighted by Crippen LogP contribution is -2.27. The first-order valence-electron chi connectivity index (χ1n) is 7.24. The number of rotatable bonds is 0. The summed E-state index contributed by atoms with van der Waals surface area (Å²) in [5, 5.41) is 10.0. The highest BCUT2D eigenvalue weighted by Gasteiger charge is 2.29. The van der Waals surface area contributed by atoms with Crippen molar-refractivity contribution in [3.05, 3.63) is 44.3 Å². The lowest BCUT2D eigenvalue weighted by atomic mass is 10.1. The van der Waals surface area contributed by atoms with Crippen LogP contribution in [0.5, 0.6) is 11.6 Å². The third-order valence-corrected chi connectivity index (χ3v) is 4.42. The average molecular weight is 334 g/mol. The second-order valence-corrected chi connectivity index (χ2v) is 5.88. The number of aromatic hydroxyl groups is 1. The highest BCUT2D eigenvalue weighted by atomic mass is 19.2. The molecule has 24 heavy (non-hydrogen) atoms. The van der Waals surface area contributed by atoms with Gasteiger partial charge in [0.25, 0.3) is 5.56 Å². The molecule has 1 atom stereocenters. The molecule has 3 aromatic rings. The minimum Gasteiger partial charge on any atom is -0.494 e. The molecule has 0 aliphatic carbocycles. The average Bonchev–Trinajstić information content (AvgIpc) is 2.54. The SMILES string of the molecule is CC1COc2c(F)c(F)cc3c(=O)c4c(O)n(C)c(=O)cc4n1c23. The molecular formula is C16H12F2N2O4. The van der Waals surface area contributed by atoms with Gasteiger partial charge in [0.2, 0.25) is 17.1 Å². The van der Waals surface area contributed by atoms with Crippen LogP contribution in [0.1, 0.15) is 13.0 Å². The number of fused-ring (bicyclic) bond motifs is 2. The Morgan fingerprint density at radius 2 is 2.00 bits per heavy atom. The lowest BCUT2D eigenvalue weighted by molar-refractivity contribution is 0.236. The molecule has 2 aromatic heterocycles. The Morgan fingerprint density at radius 3 is 2.71 bits per heavy atom. The zero-order chi connectivity index (χ0) is 17.3. The third kappa shape index (κ3) is 1.62. The van der Waals surface area contributed by atoms with E-state index in [1.807, 2.05) is 0 Å². The van der Waals surface area contributed by atoms with Gasteiger partial charge in [-0.3, -0.25) is 14.2 Å². The summed E-state index contributed by atoms with van der Waals surface area (Å²) in [6.07, 6.45) is 0. The molecule has 0 amide bonds. The van der Waals surface area contributed by atoms with E-state index in [0.29, 0.717) is 0 Å². The quantitative estimate of drug-likeness (QED) is 0.636. The van der Waals surface area contributed by atoms with Gasteiger partial charge in [-0.2, -0.15) is 4.39 Å². The Bertz CT molecular complexity index is 1160. The fraction of sp³-hybridized carbons (Fsp3) is 0.250. The second kappa shape index (κ2) is 4.56. The second-order valence-electron chi connectivity index (χ2n) is 5.88. The molecule has 4 rings (SSSR count). The molecule has 0 saturated carbocycles. The van der Waals surface area contributed by atoms with Crippen LogP contribution in [0.3, 0.4) is 0 Å². The number of nitrogens with zero attached hydrogens (tertiary/aromatic N) is 2. The Morgan fingerprint density at radius 1 is 1.29 bits per heavy atom. The molecule has 0 fully saturated rings. The maximum Gasteiger partial charge on any atom is 0.255 e. The van der Waals surface area contributed by atoms with Gasteiger partial charge >= 0.3 is 0 Å². The van der Waals surface area contributed by atoms with Crippen molar-refractivity contribution < 1.29 is 18.6 Å². The van der Waals surface area contributed by atoms with E-state index in [2.05, 4.69) is 0 Å². The Labute approximate surface area is 133 Å². The lowest BCUT2D eigenvalue weighted by Gasteiger charge is -2.28. The van der Waals surface area contributed by atoms with E-state index in [-0.39, 0.29) is 40.2 Å². The predicted molar refractivity (Wildman–Crippen MR) is 82.7 cm³/mol. The fourth-order valence-electron chi connectivity index (χ4n) is 3.21. The van der Waals surface area contributed by atoms with Gasteiger partial charge in [-0.15, -0.1) is 0 Å². The summed E-state index contributed by atoms with van der Waals surface area (Å²) in [5.41, 5.74) is -0.971. The summed E-state index contributed by atoms with van der Waals surface area (Å²) >= 11 is 0. The van der Waals surface area contributed by atoms with Crippen LogP contribution in [0.15, 0.2) is 21.7 Å². The summed E-state index contributed by atoms with van der Waals surface area (Å²) < 4.78 is 35.7. The summed E-state index contributed by atoms with van der Waals surface area (Å²) in [4.78, 5) is 24.8. The first kappa shape index (κ1) is 14.7. The van der Waals surface area contributed by atoms with E-state index in [4.69, 9.17) is 4.74 Å². The molecule has 3 heterocycles. The monoisotopic (exact) mass is 334 g/mol. The molecule has 1 aliphatic heterocycles. The van der Waals surface area contributed by atoms with Crippen molar-refractivity contribution >= 4 is 21.8 Å². The summed E-state index contributed by atoms with van der Waals surface area (Å²) in [6.45, 7) is 1.79. The Hall–Kier alpha value is -2.90. The van der Waals surface area contributed by atoms with E-state index in [9.17, 15) is 23.5 Å². The van der Waals surface area contributed by atoms with Crippen LogP contribution in [0.25, 0.3) is 21.8 Å². The smallest absolute Gasteiger partial charge is 0.255 e. The van der Waals surface area contributed by atoms with Crippen LogP contribution in [0.4, 0.5) is 8.78 Å². The fourth-order valence-corrected chi connectivity index (χ4v) is 3.21. The number of benzene rings is 1. The van der Waals surface area contributed by atoms with Gasteiger partial charge in [-0.1, -0.05) is 0 Å². The molecule has 1 N–H and O–H groups in total. The van der Waals surface area contributed by atoms with E-state index in [1.165, 1.54) is 17.7 Å². The van der Waals surface area contributed by atoms with E-state index < -0.39 is 28.5 Å². The largest absolute Gasteiger partial charge is 0.494 e. The van der Waals surface area contributed by atoms with Crippen LogP contribution in [-0.2, 0) is 7.05 Å². The first-order chi connectivity index (χ1) is 11.3. The standard InChI is InChI=1S/C16H12F2N2O4/c1-6-5-24-15-12(18)8(17)3-7-13(15)20(6)9-4-10(21)19(2)16(23)11(9)14(7)22/h3-4,6,23H,5H2,1-2H3. The van der Waals surface area contributed by atoms with Crippen molar-refractivity contribution in [3.8, 4) is 11.6 Å². The van der Waals surface area contributed by atoms with Crippen LogP contribution < -0.4 is 15.7 Å². The molecular weight excluding hydrogens is 322 g/mol. The molecule has 1 aromatic carbocycles. The van der Waals surface area contributed by atoms with Gasteiger partial charge in [-0.25, -0.2) is 4.39 Å². The van der Waals surface area contributed by atoms with Crippen LogP contribution in [-0.4, -0.2) is 20.8 Å². The van der Waals surface area contributed by atoms with E-state index in [0.717, 1.165) is 10.6 Å². The molecule has 6 nitrogen and oxygen atoms in total. The van der Waals surface area contributed by atoms with Crippen molar-refractivity contribution in [1.82, 2.24) is 9.13 Å². The number of hydrogen-bond donors (Lipinski definition) is 1. The van der Waals surface area contributed by atoms with Crippen LogP contribution in [0, 0.1) is 11.6 Å². The van der Waals surface area contributed by atoms with Crippen molar-refractivity contribution in [2.24, 2.45) is 7.05 Å². The van der Waals surface area contributed by atoms with E-state index >= 15 is 0 Å². The minimum absolute atomic E-state index is 0.0381. The van der Waals surface area contributed by atoms with Crippen molar-refractivity contribution in [1.29, 1.82) is 0 Å². The number of halogens is 2. The molecule has 1 aliphatic rings. The van der Waals surface area contributed by atoms with Gasteiger partial charge < -0.3 is 14.4 Å². The van der Waals surface area contributed by atoms with Gasteiger partial charge in [0.05, 0.1) is 22.5 Å². The molecule has 0 bridgehead atoms. The first-order valence-corrected chi connectivity index (χ1v) is 7.24. The summed E-state index contributed by atoms with van der Waals surface area (Å²) in [7, 11) is 1.32. The molecule has 8 heteroatoms. The maximum absolute atomic E-state index is 14.1. The van der Waals surface area contributed by atoms with Crippen molar-refractivity contribution in [2.45, 2.75) is 13.0 Å². The van der Waals surface area contributed by atoms with Crippen LogP contribution in [0.2, 0.25) is 0 Å². The number of aromatic nitrogens is 2. The summed E-state index contributed by atoms with van der Waals surface area (Å²) in [5.74, 6) is -3.27. The van der Waals surface area contributed by atoms with Crippen molar-refractivity contribution in [2.75, 3.05) is 6.61 Å². The number of hydrogen-bond acceptors (Lipinski definition) is 4. The zero-order valence-electron chi connectivity index (χ0n) is 12.8. The Kier molecular flexibility index (Phi) is 2.79. The van der Waals surface area contributed by atoms with Crippen molar-refractivity contribution in [3.63, 3.8) is 0 Å². The predicted octanol–water partition coefficient (Wildman–Crippen LogP) is 1.79. The minimum atomic E-state index is -1.21. The third-order valence-electron chi connectivity index (χ3n) is 4.42. The van der Waals surface area contributed by atoms with Crippen LogP contribution >= 0.6 is 0 Å². The highest BCUT2D eigenvalue weighted by molar-refractivity contribution is 5.98. The molecule has 124 valence electrons. The molecule has 0 radical (unpaired) electrons. The van der Waals surface area contributed by atoms with Gasteiger partial charge in [0.15, 0.2) is 11.6 Å². The summed E-state index contributed by atoms with van der Waals surface area (Å²) in [6, 6.07) is 1.64. The highest BCUT2D eigenvalue weighted by Crippen LogP contribution is 2.38. The Balaban J connectivity index is 2.43. The molecule has 0 saturated heterocycles. The van der Waals surface area contributed by atoms with Gasteiger partial charge in [0.1, 0.15) is 12.0 Å². The van der Waals surface area contributed by atoms with Gasteiger partial charge in [0, 0.05) is 13.1 Å². The molecule has 0 spiro atoms. The van der Waals surface area contributed by atoms with Gasteiger partial charge in [-0.05, 0) is 13.0 Å². The number of ether oxygens (including phenoxy) is 1. The topological polar surface area (TPSA) is 73.5 Å². The number of pyridine rings is 2. The molecule has 1 unspecified atom stereocenters. The maximum atomic E-state index is 14.1.